The zero-order valence-corrected chi connectivity index (χ0v) is 7.98. The van der Waals surface area contributed by atoms with Gasteiger partial charge in [0.15, 0.2) is 11.4 Å². The van der Waals surface area contributed by atoms with Crippen LogP contribution in [0.3, 0.4) is 0 Å². The van der Waals surface area contributed by atoms with Gasteiger partial charge in [-0.1, -0.05) is 5.11 Å². The summed E-state index contributed by atoms with van der Waals surface area (Å²) in [6.07, 6.45) is -1.77. The number of aliphatic carboxylic acids is 1. The van der Waals surface area contributed by atoms with Crippen LogP contribution in [0, 0.1) is 0 Å². The average molecular weight is 230 g/mol. The first kappa shape index (κ1) is 12.4. The Balaban J connectivity index is 3.27. The topological polar surface area (TPSA) is 173 Å². The van der Waals surface area contributed by atoms with Crippen molar-refractivity contribution in [2.75, 3.05) is 0 Å². The molecule has 0 spiro atoms. The van der Waals surface area contributed by atoms with E-state index in [0.717, 1.165) is 6.08 Å². The lowest BCUT2D eigenvalue weighted by Crippen LogP contribution is -2.68. The van der Waals surface area contributed by atoms with Gasteiger partial charge in [0.2, 0.25) is 0 Å². The van der Waals surface area contributed by atoms with Gasteiger partial charge in [-0.3, -0.25) is 5.73 Å². The highest BCUT2D eigenvalue weighted by molar-refractivity contribution is 5.87. The van der Waals surface area contributed by atoms with Gasteiger partial charge in [-0.2, -0.15) is 0 Å². The molecule has 0 amide bonds. The Kier molecular flexibility index (Phi) is 2.91. The van der Waals surface area contributed by atoms with Gasteiger partial charge in [-0.25, -0.2) is 4.79 Å². The molecule has 0 fully saturated rings. The number of hydrogen-bond donors (Lipinski definition) is 5. The summed E-state index contributed by atoms with van der Waals surface area (Å²) in [6.45, 7) is 0. The van der Waals surface area contributed by atoms with Crippen molar-refractivity contribution in [3.8, 4) is 0 Å². The lowest BCUT2D eigenvalue weighted by molar-refractivity contribution is -0.192. The maximum absolute atomic E-state index is 10.7. The number of carbonyl (C=O) groups is 1. The third-order valence-corrected chi connectivity index (χ3v) is 2.37. The summed E-state index contributed by atoms with van der Waals surface area (Å²) < 4.78 is 0. The Hall–Kier alpha value is -1.64. The predicted octanol–water partition coefficient (Wildman–Crippen LogP) is -1.59. The predicted molar refractivity (Wildman–Crippen MR) is 49.6 cm³/mol. The summed E-state index contributed by atoms with van der Waals surface area (Å²) in [5.74, 6) is -1.42. The maximum Gasteiger partial charge on any atom is 0.331 e. The van der Waals surface area contributed by atoms with Crippen LogP contribution in [0.2, 0.25) is 0 Å². The van der Waals surface area contributed by atoms with E-state index in [4.69, 9.17) is 16.4 Å². The van der Waals surface area contributed by atoms with Crippen molar-refractivity contribution in [2.45, 2.75) is 24.0 Å². The molecule has 6 N–H and O–H groups in total. The Morgan fingerprint density at radius 2 is 2.25 bits per heavy atom. The van der Waals surface area contributed by atoms with E-state index in [0.29, 0.717) is 0 Å². The van der Waals surface area contributed by atoms with Crippen LogP contribution in [0.5, 0.6) is 0 Å². The van der Waals surface area contributed by atoms with Crippen molar-refractivity contribution in [1.29, 1.82) is 0 Å². The van der Waals surface area contributed by atoms with Gasteiger partial charge >= 0.3 is 5.97 Å². The van der Waals surface area contributed by atoms with Crippen LogP contribution >= 0.6 is 0 Å². The fraction of sp³-hybridized carbons (Fsp3) is 0.571. The molecule has 0 aromatic carbocycles. The second-order valence-electron chi connectivity index (χ2n) is 3.45. The van der Waals surface area contributed by atoms with Crippen LogP contribution in [0.25, 0.3) is 10.4 Å². The highest BCUT2D eigenvalue weighted by atomic mass is 16.4. The van der Waals surface area contributed by atoms with Crippen molar-refractivity contribution in [3.63, 3.8) is 0 Å². The molecule has 1 aliphatic carbocycles. The van der Waals surface area contributed by atoms with Crippen molar-refractivity contribution in [3.05, 3.63) is 22.1 Å². The second kappa shape index (κ2) is 3.74. The SMILES string of the molecule is [N-]=[N+]=NC1(O)CC(C(=O)O)=CC(O)C1(N)O. The summed E-state index contributed by atoms with van der Waals surface area (Å²) in [6, 6.07) is 0. The average Bonchev–Trinajstić information content (AvgIpc) is 2.14. The van der Waals surface area contributed by atoms with Crippen molar-refractivity contribution in [1.82, 2.24) is 0 Å². The quantitative estimate of drug-likeness (QED) is 0.165. The van der Waals surface area contributed by atoms with Crippen LogP contribution < -0.4 is 5.73 Å². The molecule has 9 nitrogen and oxygen atoms in total. The number of aliphatic hydroxyl groups excluding tert-OH is 1. The molecule has 1 aliphatic rings. The normalized spacial score (nSPS) is 38.5. The molecule has 0 radical (unpaired) electrons. The molecule has 0 bridgehead atoms. The molecule has 0 saturated carbocycles. The monoisotopic (exact) mass is 230 g/mol. The van der Waals surface area contributed by atoms with Gasteiger partial charge in [0.25, 0.3) is 0 Å². The van der Waals surface area contributed by atoms with Crippen LogP contribution in [-0.2, 0) is 4.79 Å². The number of azide groups is 1. The minimum Gasteiger partial charge on any atom is -0.478 e. The van der Waals surface area contributed by atoms with Crippen molar-refractivity contribution >= 4 is 5.97 Å². The van der Waals surface area contributed by atoms with Gasteiger partial charge in [-0.05, 0) is 11.6 Å². The Morgan fingerprint density at radius 3 is 2.69 bits per heavy atom. The molecule has 0 heterocycles. The maximum atomic E-state index is 10.7. The molecule has 3 atom stereocenters. The molecule has 0 saturated heterocycles. The number of aliphatic hydroxyl groups is 3. The molecular formula is C7H10N4O5. The highest BCUT2D eigenvalue weighted by Crippen LogP contribution is 2.35. The van der Waals surface area contributed by atoms with E-state index in [2.05, 4.69) is 10.0 Å². The van der Waals surface area contributed by atoms with E-state index in [1.807, 2.05) is 0 Å². The highest BCUT2D eigenvalue weighted by Gasteiger charge is 2.54. The van der Waals surface area contributed by atoms with Crippen LogP contribution in [0.15, 0.2) is 16.8 Å². The van der Waals surface area contributed by atoms with E-state index in [1.54, 1.807) is 0 Å². The molecule has 0 aliphatic heterocycles. The first-order chi connectivity index (χ1) is 7.24. The fourth-order valence-corrected chi connectivity index (χ4v) is 1.36. The molecular weight excluding hydrogens is 220 g/mol. The summed E-state index contributed by atoms with van der Waals surface area (Å²) in [4.78, 5) is 12.9. The molecule has 0 aromatic heterocycles. The van der Waals surface area contributed by atoms with E-state index >= 15 is 0 Å². The van der Waals surface area contributed by atoms with Crippen LogP contribution in [0.1, 0.15) is 6.42 Å². The van der Waals surface area contributed by atoms with E-state index < -0.39 is 35.5 Å². The Labute approximate surface area is 89.0 Å². The number of rotatable bonds is 2. The van der Waals surface area contributed by atoms with E-state index in [1.165, 1.54) is 0 Å². The van der Waals surface area contributed by atoms with Crippen molar-refractivity contribution in [2.24, 2.45) is 10.8 Å². The summed E-state index contributed by atoms with van der Waals surface area (Å²) in [7, 11) is 0. The Bertz CT molecular complexity index is 400. The van der Waals surface area contributed by atoms with Crippen LogP contribution in [0.4, 0.5) is 0 Å². The Morgan fingerprint density at radius 1 is 1.69 bits per heavy atom. The number of hydrogen-bond acceptors (Lipinski definition) is 6. The summed E-state index contributed by atoms with van der Waals surface area (Å²) >= 11 is 0. The first-order valence-electron chi connectivity index (χ1n) is 4.16. The van der Waals surface area contributed by atoms with Gasteiger partial charge in [0, 0.05) is 16.9 Å². The molecule has 9 heteroatoms. The number of carboxylic acids is 1. The number of carboxylic acid groups (broad SMARTS) is 1. The standard InChI is InChI=1S/C7H10N4O5/c8-7(16)4(12)1-3(5(13)14)2-6(7,15)10-11-9/h1,4,12,15-16H,2,8H2,(H,13,14). The van der Waals surface area contributed by atoms with Gasteiger partial charge in [0.1, 0.15) is 6.10 Å². The first-order valence-corrected chi connectivity index (χ1v) is 4.16. The zero-order chi connectivity index (χ0) is 12.6. The lowest BCUT2D eigenvalue weighted by Gasteiger charge is -2.42. The van der Waals surface area contributed by atoms with Crippen LogP contribution in [-0.4, -0.2) is 43.9 Å². The smallest absolute Gasteiger partial charge is 0.331 e. The third kappa shape index (κ3) is 1.73. The van der Waals surface area contributed by atoms with E-state index in [9.17, 15) is 20.1 Å². The molecule has 88 valence electrons. The molecule has 3 unspecified atom stereocenters. The van der Waals surface area contributed by atoms with Crippen molar-refractivity contribution < 1.29 is 25.2 Å². The van der Waals surface area contributed by atoms with Gasteiger partial charge in [0.05, 0.1) is 0 Å². The minimum atomic E-state index is -2.64. The van der Waals surface area contributed by atoms with Gasteiger partial charge < -0.3 is 20.4 Å². The fourth-order valence-electron chi connectivity index (χ4n) is 1.36. The summed E-state index contributed by atoms with van der Waals surface area (Å²) in [5, 5.41) is 40.2. The number of nitrogens with zero attached hydrogens (tertiary/aromatic N) is 3. The molecule has 16 heavy (non-hydrogen) atoms. The zero-order valence-electron chi connectivity index (χ0n) is 7.98. The minimum absolute atomic E-state index is 0.405. The van der Waals surface area contributed by atoms with E-state index in [-0.39, 0.29) is 0 Å². The molecule has 1 rings (SSSR count). The number of nitrogens with two attached hydrogens (primary N) is 1. The lowest BCUT2D eigenvalue weighted by atomic mass is 9.82. The second-order valence-corrected chi connectivity index (χ2v) is 3.45. The summed E-state index contributed by atoms with van der Waals surface area (Å²) in [5.41, 5.74) is 7.76. The molecule has 0 aromatic rings. The van der Waals surface area contributed by atoms with Gasteiger partial charge in [-0.15, -0.1) is 0 Å². The largest absolute Gasteiger partial charge is 0.478 e. The third-order valence-electron chi connectivity index (χ3n) is 2.37.